The lowest BCUT2D eigenvalue weighted by molar-refractivity contribution is -0.151. The Kier molecular flexibility index (Phi) is 5.60. The van der Waals surface area contributed by atoms with E-state index in [1.54, 1.807) is 32.0 Å². The van der Waals surface area contributed by atoms with Gasteiger partial charge in [0.15, 0.2) is 0 Å². The monoisotopic (exact) mass is 303 g/mol. The van der Waals surface area contributed by atoms with E-state index in [-0.39, 0.29) is 12.6 Å². The second-order valence-electron chi connectivity index (χ2n) is 5.23. The zero-order chi connectivity index (χ0) is 16.2. The molecule has 0 spiro atoms. The second-order valence-corrected chi connectivity index (χ2v) is 5.23. The number of carbonyl (C=O) groups excluding carboxylic acids is 1. The minimum absolute atomic E-state index is 0.328. The van der Waals surface area contributed by atoms with Crippen molar-refractivity contribution >= 4 is 17.3 Å². The van der Waals surface area contributed by atoms with Gasteiger partial charge >= 0.3 is 6.18 Å². The molecule has 0 saturated carbocycles. The molecule has 0 aliphatic rings. The van der Waals surface area contributed by atoms with Crippen molar-refractivity contribution in [3.63, 3.8) is 0 Å². The summed E-state index contributed by atoms with van der Waals surface area (Å²) in [6.07, 6.45) is -4.33. The molecule has 0 atom stereocenters. The average molecular weight is 303 g/mol. The zero-order valence-corrected chi connectivity index (χ0v) is 12.3. The number of alkyl halides is 3. The van der Waals surface area contributed by atoms with E-state index in [0.717, 1.165) is 10.5 Å². The van der Waals surface area contributed by atoms with Crippen LogP contribution in [-0.2, 0) is 4.79 Å². The molecule has 0 bridgehead atoms. The Hall–Kier alpha value is -1.76. The van der Waals surface area contributed by atoms with E-state index in [1.807, 2.05) is 6.92 Å². The highest BCUT2D eigenvalue weighted by Crippen LogP contribution is 2.19. The average Bonchev–Trinajstić information content (AvgIpc) is 2.31. The fourth-order valence-electron chi connectivity index (χ4n) is 1.75. The molecule has 0 fully saturated rings. The van der Waals surface area contributed by atoms with Crippen LogP contribution in [0.25, 0.3) is 0 Å². The lowest BCUT2D eigenvalue weighted by atomic mass is 10.2. The van der Waals surface area contributed by atoms with Gasteiger partial charge in [-0.25, -0.2) is 0 Å². The Morgan fingerprint density at radius 2 is 2.00 bits per heavy atom. The summed E-state index contributed by atoms with van der Waals surface area (Å²) in [4.78, 5) is 12.9. The number of anilines is 2. The van der Waals surface area contributed by atoms with Gasteiger partial charge in [0.05, 0.1) is 13.1 Å². The molecule has 0 radical (unpaired) electrons. The van der Waals surface area contributed by atoms with Crippen molar-refractivity contribution in [1.29, 1.82) is 0 Å². The zero-order valence-electron chi connectivity index (χ0n) is 12.3. The molecule has 1 aromatic carbocycles. The summed E-state index contributed by atoms with van der Waals surface area (Å²) in [6.45, 7) is 3.61. The van der Waals surface area contributed by atoms with Gasteiger partial charge in [-0.15, -0.1) is 0 Å². The third-order valence-corrected chi connectivity index (χ3v) is 3.02. The van der Waals surface area contributed by atoms with Gasteiger partial charge in [-0.05, 0) is 38.5 Å². The number of nitrogens with one attached hydrogen (secondary N) is 1. The lowest BCUT2D eigenvalue weighted by Crippen LogP contribution is -2.43. The normalized spacial score (nSPS) is 12.0. The van der Waals surface area contributed by atoms with Crippen molar-refractivity contribution in [2.24, 2.45) is 0 Å². The van der Waals surface area contributed by atoms with Crippen LogP contribution in [0, 0.1) is 6.92 Å². The fourth-order valence-corrected chi connectivity index (χ4v) is 1.75. The number of hydrogen-bond donors (Lipinski definition) is 2. The molecule has 0 heterocycles. The molecule has 7 heteroatoms. The number of hydrogen-bond acceptors (Lipinski definition) is 3. The van der Waals surface area contributed by atoms with Crippen molar-refractivity contribution in [2.45, 2.75) is 33.0 Å². The molecule has 0 saturated heterocycles. The van der Waals surface area contributed by atoms with Crippen LogP contribution in [0.2, 0.25) is 0 Å². The van der Waals surface area contributed by atoms with Gasteiger partial charge in [0.2, 0.25) is 5.91 Å². The molecule has 1 amide bonds. The maximum Gasteiger partial charge on any atom is 0.401 e. The predicted octanol–water partition coefficient (Wildman–Crippen LogP) is 2.79. The highest BCUT2D eigenvalue weighted by Gasteiger charge is 2.32. The third kappa shape index (κ3) is 6.03. The van der Waals surface area contributed by atoms with E-state index in [4.69, 9.17) is 5.73 Å². The van der Waals surface area contributed by atoms with E-state index in [9.17, 15) is 18.0 Å². The van der Waals surface area contributed by atoms with Crippen molar-refractivity contribution in [3.8, 4) is 0 Å². The number of benzene rings is 1. The van der Waals surface area contributed by atoms with Crippen LogP contribution in [0.15, 0.2) is 18.2 Å². The van der Waals surface area contributed by atoms with Crippen LogP contribution < -0.4 is 11.1 Å². The molecule has 0 unspecified atom stereocenters. The molecule has 0 aliphatic carbocycles. The van der Waals surface area contributed by atoms with Crippen LogP contribution in [0.5, 0.6) is 0 Å². The topological polar surface area (TPSA) is 58.4 Å². The molecule has 1 rings (SSSR count). The summed E-state index contributed by atoms with van der Waals surface area (Å²) >= 11 is 0. The maximum absolute atomic E-state index is 12.5. The number of carbonyl (C=O) groups is 1. The molecular formula is C14H20F3N3O. The molecule has 0 aromatic heterocycles. The van der Waals surface area contributed by atoms with E-state index < -0.39 is 18.6 Å². The summed E-state index contributed by atoms with van der Waals surface area (Å²) in [7, 11) is 0. The third-order valence-electron chi connectivity index (χ3n) is 3.02. The highest BCUT2D eigenvalue weighted by atomic mass is 19.4. The van der Waals surface area contributed by atoms with Gasteiger partial charge < -0.3 is 11.1 Å². The smallest absolute Gasteiger partial charge is 0.398 e. The number of halogens is 3. The van der Waals surface area contributed by atoms with E-state index in [1.165, 1.54) is 0 Å². The summed E-state index contributed by atoms with van der Waals surface area (Å²) in [5.41, 5.74) is 7.58. The van der Waals surface area contributed by atoms with Crippen LogP contribution in [0.4, 0.5) is 24.5 Å². The molecular weight excluding hydrogens is 283 g/mol. The Morgan fingerprint density at radius 1 is 1.38 bits per heavy atom. The first kappa shape index (κ1) is 17.3. The Balaban J connectivity index is 2.67. The highest BCUT2D eigenvalue weighted by molar-refractivity contribution is 5.92. The van der Waals surface area contributed by atoms with E-state index in [2.05, 4.69) is 5.32 Å². The second kappa shape index (κ2) is 6.80. The van der Waals surface area contributed by atoms with Crippen LogP contribution in [0.3, 0.4) is 0 Å². The van der Waals surface area contributed by atoms with Crippen molar-refractivity contribution < 1.29 is 18.0 Å². The molecule has 3 N–H and O–H groups in total. The summed E-state index contributed by atoms with van der Waals surface area (Å²) in [6, 6.07) is 4.59. The minimum Gasteiger partial charge on any atom is -0.398 e. The van der Waals surface area contributed by atoms with Crippen molar-refractivity contribution in [2.75, 3.05) is 24.1 Å². The molecule has 21 heavy (non-hydrogen) atoms. The van der Waals surface area contributed by atoms with E-state index >= 15 is 0 Å². The maximum atomic E-state index is 12.5. The first-order chi connectivity index (χ1) is 9.58. The van der Waals surface area contributed by atoms with Gasteiger partial charge in [-0.2, -0.15) is 13.2 Å². The van der Waals surface area contributed by atoms with Crippen molar-refractivity contribution in [1.82, 2.24) is 4.90 Å². The number of nitrogens with two attached hydrogens (primary N) is 1. The largest absolute Gasteiger partial charge is 0.401 e. The quantitative estimate of drug-likeness (QED) is 0.822. The van der Waals surface area contributed by atoms with Gasteiger partial charge in [0, 0.05) is 17.4 Å². The Bertz CT molecular complexity index is 501. The first-order valence-corrected chi connectivity index (χ1v) is 6.55. The van der Waals surface area contributed by atoms with Crippen LogP contribution in [-0.4, -0.2) is 36.1 Å². The molecule has 118 valence electrons. The van der Waals surface area contributed by atoms with Crippen LogP contribution >= 0.6 is 0 Å². The van der Waals surface area contributed by atoms with Gasteiger partial charge in [-0.1, -0.05) is 6.07 Å². The van der Waals surface area contributed by atoms with Crippen LogP contribution in [0.1, 0.15) is 19.4 Å². The summed E-state index contributed by atoms with van der Waals surface area (Å²) < 4.78 is 37.4. The SMILES string of the molecule is Cc1ccc(NC(=O)CN(CC(F)(F)F)C(C)C)cc1N. The number of nitrogen functional groups attached to an aromatic ring is 1. The molecule has 0 aliphatic heterocycles. The van der Waals surface area contributed by atoms with Crippen molar-refractivity contribution in [3.05, 3.63) is 23.8 Å². The van der Waals surface area contributed by atoms with Gasteiger partial charge in [0.1, 0.15) is 0 Å². The Labute approximate surface area is 122 Å². The summed E-state index contributed by atoms with van der Waals surface area (Å²) in [5, 5.41) is 2.55. The number of nitrogens with zero attached hydrogens (tertiary/aromatic N) is 1. The van der Waals surface area contributed by atoms with Gasteiger partial charge in [0.25, 0.3) is 0 Å². The molecule has 4 nitrogen and oxygen atoms in total. The first-order valence-electron chi connectivity index (χ1n) is 6.55. The number of rotatable bonds is 5. The number of amides is 1. The number of aryl methyl sites for hydroxylation is 1. The Morgan fingerprint density at radius 3 is 2.48 bits per heavy atom. The standard InChI is InChI=1S/C14H20F3N3O/c1-9(2)20(8-14(15,16)17)7-13(21)19-11-5-4-10(3)12(18)6-11/h4-6,9H,7-8,18H2,1-3H3,(H,19,21). The molecule has 1 aromatic rings. The summed E-state index contributed by atoms with van der Waals surface area (Å²) in [5.74, 6) is -0.504. The minimum atomic E-state index is -4.33. The van der Waals surface area contributed by atoms with E-state index in [0.29, 0.717) is 11.4 Å². The lowest BCUT2D eigenvalue weighted by Gasteiger charge is -2.26. The van der Waals surface area contributed by atoms with Gasteiger partial charge in [-0.3, -0.25) is 9.69 Å². The fraction of sp³-hybridized carbons (Fsp3) is 0.500. The predicted molar refractivity (Wildman–Crippen MR) is 77.0 cm³/mol.